The van der Waals surface area contributed by atoms with Gasteiger partial charge in [0, 0.05) is 5.73 Å². The molecule has 0 rings (SSSR count). The summed E-state index contributed by atoms with van der Waals surface area (Å²) in [5.41, 5.74) is 0.370. The second-order valence-corrected chi connectivity index (χ2v) is 9.05. The minimum Gasteiger partial charge on any atom is -0.366 e. The summed E-state index contributed by atoms with van der Waals surface area (Å²) in [5, 5.41) is 0. The van der Waals surface area contributed by atoms with Gasteiger partial charge < -0.3 is 4.74 Å². The Bertz CT molecular complexity index is 79.6. The van der Waals surface area contributed by atoms with E-state index in [1.165, 1.54) is 0 Å². The van der Waals surface area contributed by atoms with Crippen molar-refractivity contribution in [3.8, 4) is 0 Å². The molecule has 0 aromatic heterocycles. The van der Waals surface area contributed by atoms with E-state index in [2.05, 4.69) is 26.6 Å². The number of hydrogen-bond donors (Lipinski definition) is 0. The van der Waals surface area contributed by atoms with Crippen LogP contribution in [-0.4, -0.2) is 19.9 Å². The molecule has 0 radical (unpaired) electrons. The topological polar surface area (TPSA) is 9.23 Å². The number of ether oxygens (including phenoxy) is 1. The third-order valence-electron chi connectivity index (χ3n) is 1.53. The fourth-order valence-corrected chi connectivity index (χ4v) is 1.22. The van der Waals surface area contributed by atoms with Crippen LogP contribution in [0.4, 0.5) is 0 Å². The molecule has 0 heterocycles. The van der Waals surface area contributed by atoms with Crippen LogP contribution in [0.1, 0.15) is 6.92 Å². The van der Waals surface area contributed by atoms with E-state index < -0.39 is 8.07 Å². The van der Waals surface area contributed by atoms with Crippen LogP contribution in [0.25, 0.3) is 0 Å². The van der Waals surface area contributed by atoms with Crippen LogP contribution in [-0.2, 0) is 4.74 Å². The van der Waals surface area contributed by atoms with E-state index in [9.17, 15) is 0 Å². The monoisotopic (exact) mass is 166 g/mol. The number of rotatable bonds is 3. The molecule has 0 aromatic rings. The van der Waals surface area contributed by atoms with Gasteiger partial charge in [0.15, 0.2) is 0 Å². The Labute approximate surface area is 63.4 Å². The Morgan fingerprint density at radius 2 is 1.89 bits per heavy atom. The summed E-state index contributed by atoms with van der Waals surface area (Å²) in [6.07, 6.45) is 0. The Kier molecular flexibility index (Phi) is 3.78. The first-order chi connectivity index (χ1) is 3.98. The highest BCUT2D eigenvalue weighted by Crippen LogP contribution is 2.10. The Morgan fingerprint density at radius 1 is 1.44 bits per heavy atom. The summed E-state index contributed by atoms with van der Waals surface area (Å²) < 4.78 is 5.23. The second kappa shape index (κ2) is 3.59. The molecule has 1 nitrogen and oxygen atoms in total. The van der Waals surface area contributed by atoms with Gasteiger partial charge in [0.2, 0.25) is 0 Å². The molecule has 0 saturated carbocycles. The molecule has 0 spiro atoms. The highest BCUT2D eigenvalue weighted by molar-refractivity contribution is 6.77. The first-order valence-electron chi connectivity index (χ1n) is 3.16. The largest absolute Gasteiger partial charge is 0.366 e. The first-order valence-corrected chi connectivity index (χ1v) is 7.27. The summed E-state index contributed by atoms with van der Waals surface area (Å²) in [7, 11) is -1.09. The minimum atomic E-state index is -1.09. The zero-order valence-corrected chi connectivity index (χ0v) is 8.33. The molecule has 0 bridgehead atoms. The highest BCUT2D eigenvalue weighted by Gasteiger charge is 2.22. The van der Waals surface area contributed by atoms with Crippen LogP contribution in [0.2, 0.25) is 19.6 Å². The number of hydrogen-bond acceptors (Lipinski definition) is 1. The molecule has 1 unspecified atom stereocenters. The average Bonchev–Trinajstić information content (AvgIpc) is 1.64. The maximum Gasteiger partial charge on any atom is 0.120 e. The van der Waals surface area contributed by atoms with Crippen LogP contribution in [0.15, 0.2) is 0 Å². The van der Waals surface area contributed by atoms with Crippen molar-refractivity contribution in [3.05, 3.63) is 0 Å². The van der Waals surface area contributed by atoms with Crippen molar-refractivity contribution >= 4 is 19.7 Å². The van der Waals surface area contributed by atoms with E-state index in [4.69, 9.17) is 16.3 Å². The van der Waals surface area contributed by atoms with Gasteiger partial charge in [-0.15, -0.1) is 0 Å². The molecule has 0 aliphatic carbocycles. The normalized spacial score (nSPS) is 15.7. The summed E-state index contributed by atoms with van der Waals surface area (Å²) in [4.78, 5) is 0. The minimum absolute atomic E-state index is 0.325. The number of alkyl halides is 1. The van der Waals surface area contributed by atoms with Gasteiger partial charge in [0.1, 0.15) is 6.07 Å². The van der Waals surface area contributed by atoms with Gasteiger partial charge >= 0.3 is 0 Å². The lowest BCUT2D eigenvalue weighted by Gasteiger charge is -2.23. The van der Waals surface area contributed by atoms with E-state index in [-0.39, 0.29) is 0 Å². The van der Waals surface area contributed by atoms with E-state index in [1.807, 2.05) is 0 Å². The van der Waals surface area contributed by atoms with E-state index in [0.29, 0.717) is 11.8 Å². The zero-order chi connectivity index (χ0) is 7.49. The molecule has 0 aliphatic rings. The number of halogens is 1. The summed E-state index contributed by atoms with van der Waals surface area (Å²) in [6.45, 7) is 8.90. The Morgan fingerprint density at radius 3 is 2.00 bits per heavy atom. The van der Waals surface area contributed by atoms with Crippen molar-refractivity contribution in [2.24, 2.45) is 0 Å². The Balaban J connectivity index is 3.59. The SMILES string of the molecule is CC(OCCl)[Si](C)(C)C. The van der Waals surface area contributed by atoms with Crippen molar-refractivity contribution in [2.75, 3.05) is 6.07 Å². The van der Waals surface area contributed by atoms with Crippen molar-refractivity contribution in [1.82, 2.24) is 0 Å². The lowest BCUT2D eigenvalue weighted by Crippen LogP contribution is -2.37. The van der Waals surface area contributed by atoms with Gasteiger partial charge in [-0.2, -0.15) is 0 Å². The lowest BCUT2D eigenvalue weighted by atomic mass is 10.8. The van der Waals surface area contributed by atoms with Gasteiger partial charge in [-0.1, -0.05) is 31.2 Å². The third kappa shape index (κ3) is 3.95. The second-order valence-electron chi connectivity index (χ2n) is 3.28. The summed E-state index contributed by atoms with van der Waals surface area (Å²) in [6, 6.07) is 0.325. The fraction of sp³-hybridized carbons (Fsp3) is 1.00. The van der Waals surface area contributed by atoms with Crippen molar-refractivity contribution in [3.63, 3.8) is 0 Å². The fourth-order valence-electron chi connectivity index (χ4n) is 0.344. The molecular weight excluding hydrogens is 152 g/mol. The van der Waals surface area contributed by atoms with Gasteiger partial charge in [-0.3, -0.25) is 0 Å². The van der Waals surface area contributed by atoms with Crippen LogP contribution >= 0.6 is 11.6 Å². The molecule has 0 aromatic carbocycles. The van der Waals surface area contributed by atoms with Gasteiger partial charge in [-0.25, -0.2) is 0 Å². The molecule has 0 amide bonds. The predicted molar refractivity (Wildman–Crippen MR) is 44.6 cm³/mol. The molecule has 0 aliphatic heterocycles. The molecule has 0 saturated heterocycles. The van der Waals surface area contributed by atoms with Crippen LogP contribution in [0, 0.1) is 0 Å². The van der Waals surface area contributed by atoms with Gasteiger partial charge in [0.25, 0.3) is 0 Å². The van der Waals surface area contributed by atoms with Crippen molar-refractivity contribution in [1.29, 1.82) is 0 Å². The zero-order valence-electron chi connectivity index (χ0n) is 6.57. The molecule has 0 N–H and O–H groups in total. The summed E-state index contributed by atoms with van der Waals surface area (Å²) >= 11 is 5.40. The van der Waals surface area contributed by atoms with Crippen LogP contribution < -0.4 is 0 Å². The molecule has 0 fully saturated rings. The third-order valence-corrected chi connectivity index (χ3v) is 4.26. The maximum atomic E-state index is 5.40. The van der Waals surface area contributed by atoms with E-state index in [0.717, 1.165) is 0 Å². The predicted octanol–water partition coefficient (Wildman–Crippen LogP) is 2.47. The highest BCUT2D eigenvalue weighted by atomic mass is 35.5. The standard InChI is InChI=1S/C6H15ClOSi/c1-6(8-5-7)9(2,3)4/h6H,5H2,1-4H3. The van der Waals surface area contributed by atoms with Gasteiger partial charge in [0.05, 0.1) is 8.07 Å². The van der Waals surface area contributed by atoms with Crippen LogP contribution in [0.5, 0.6) is 0 Å². The van der Waals surface area contributed by atoms with E-state index >= 15 is 0 Å². The smallest absolute Gasteiger partial charge is 0.120 e. The van der Waals surface area contributed by atoms with Crippen LogP contribution in [0.3, 0.4) is 0 Å². The average molecular weight is 167 g/mol. The molecule has 3 heteroatoms. The molecule has 56 valence electrons. The quantitative estimate of drug-likeness (QED) is 0.463. The van der Waals surface area contributed by atoms with Crippen molar-refractivity contribution < 1.29 is 4.74 Å². The van der Waals surface area contributed by atoms with E-state index in [1.54, 1.807) is 0 Å². The maximum absolute atomic E-state index is 5.40. The summed E-state index contributed by atoms with van der Waals surface area (Å²) in [5.74, 6) is 0. The Hall–Kier alpha value is 0.467. The molecular formula is C6H15ClOSi. The van der Waals surface area contributed by atoms with Gasteiger partial charge in [-0.05, 0) is 6.92 Å². The van der Waals surface area contributed by atoms with Crippen molar-refractivity contribution in [2.45, 2.75) is 32.3 Å². The first kappa shape index (κ1) is 9.47. The molecule has 1 atom stereocenters. The lowest BCUT2D eigenvalue weighted by molar-refractivity contribution is 0.154. The molecule has 9 heavy (non-hydrogen) atoms.